The molecule has 1 amide bonds. The summed E-state index contributed by atoms with van der Waals surface area (Å²) in [6.07, 6.45) is -0.895. The average molecular weight is 329 g/mol. The Balaban J connectivity index is 2.02. The van der Waals surface area contributed by atoms with Gasteiger partial charge in [-0.1, -0.05) is 24.3 Å². The summed E-state index contributed by atoms with van der Waals surface area (Å²) in [6, 6.07) is 13.0. The molecule has 7 nitrogen and oxygen atoms in total. The molecule has 0 aliphatic rings. The maximum Gasteiger partial charge on any atom is 0.282 e. The lowest BCUT2D eigenvalue weighted by Gasteiger charge is -2.15. The van der Waals surface area contributed by atoms with Gasteiger partial charge in [-0.25, -0.2) is 0 Å². The number of para-hydroxylation sites is 1. The van der Waals surface area contributed by atoms with Gasteiger partial charge in [0.15, 0.2) is 0 Å². The Hall–Kier alpha value is -2.93. The van der Waals surface area contributed by atoms with Crippen molar-refractivity contribution in [2.45, 2.75) is 6.10 Å². The van der Waals surface area contributed by atoms with Crippen molar-refractivity contribution in [1.29, 1.82) is 0 Å². The molecule has 0 saturated heterocycles. The summed E-state index contributed by atoms with van der Waals surface area (Å²) in [6.45, 7) is -0.0355. The molecular weight excluding hydrogens is 310 g/mol. The maximum atomic E-state index is 12.1. The van der Waals surface area contributed by atoms with Crippen molar-refractivity contribution < 1.29 is 14.8 Å². The smallest absolute Gasteiger partial charge is 0.282 e. The molecule has 0 heterocycles. The fourth-order valence-corrected chi connectivity index (χ4v) is 2.22. The molecule has 2 N–H and O–H groups in total. The van der Waals surface area contributed by atoms with Gasteiger partial charge in [0.1, 0.15) is 5.56 Å². The lowest BCUT2D eigenvalue weighted by atomic mass is 10.1. The number of aliphatic hydroxyl groups is 1. The molecule has 0 bridgehead atoms. The van der Waals surface area contributed by atoms with E-state index in [1.165, 1.54) is 18.2 Å². The van der Waals surface area contributed by atoms with Gasteiger partial charge in [-0.3, -0.25) is 14.9 Å². The molecule has 0 saturated carbocycles. The van der Waals surface area contributed by atoms with Crippen molar-refractivity contribution >= 4 is 17.3 Å². The van der Waals surface area contributed by atoms with Crippen LogP contribution in [0.15, 0.2) is 48.5 Å². The van der Waals surface area contributed by atoms with Crippen LogP contribution in [0, 0.1) is 10.1 Å². The Morgan fingerprint density at radius 1 is 1.21 bits per heavy atom. The predicted octanol–water partition coefficient (Wildman–Crippen LogP) is 2.12. The summed E-state index contributed by atoms with van der Waals surface area (Å²) in [4.78, 5) is 24.4. The zero-order valence-corrected chi connectivity index (χ0v) is 13.5. The number of nitro benzene ring substituents is 1. The lowest BCUT2D eigenvalue weighted by Crippen LogP contribution is -2.28. The van der Waals surface area contributed by atoms with E-state index in [0.717, 1.165) is 5.69 Å². The second-order valence-corrected chi connectivity index (χ2v) is 5.49. The zero-order valence-electron chi connectivity index (χ0n) is 13.5. The molecule has 2 aromatic rings. The van der Waals surface area contributed by atoms with Crippen LogP contribution in [0.3, 0.4) is 0 Å². The zero-order chi connectivity index (χ0) is 17.7. The van der Waals surface area contributed by atoms with Crippen molar-refractivity contribution in [3.05, 3.63) is 69.8 Å². The van der Waals surface area contributed by atoms with Crippen LogP contribution >= 0.6 is 0 Å². The lowest BCUT2D eigenvalue weighted by molar-refractivity contribution is -0.385. The van der Waals surface area contributed by atoms with E-state index in [4.69, 9.17) is 0 Å². The maximum absolute atomic E-state index is 12.1. The number of carbonyl (C=O) groups excluding carboxylic acids is 1. The molecule has 2 rings (SSSR count). The Kier molecular flexibility index (Phi) is 5.49. The van der Waals surface area contributed by atoms with Crippen LogP contribution in [-0.4, -0.2) is 36.6 Å². The molecule has 126 valence electrons. The van der Waals surface area contributed by atoms with Gasteiger partial charge >= 0.3 is 0 Å². The van der Waals surface area contributed by atoms with Crippen LogP contribution in [0.4, 0.5) is 11.4 Å². The number of anilines is 1. The van der Waals surface area contributed by atoms with Crippen molar-refractivity contribution in [3.63, 3.8) is 0 Å². The number of amides is 1. The molecule has 0 aromatic heterocycles. The number of nitrogens with one attached hydrogen (secondary N) is 1. The number of benzene rings is 2. The molecule has 0 aliphatic heterocycles. The van der Waals surface area contributed by atoms with Crippen molar-refractivity contribution in [3.8, 4) is 0 Å². The molecule has 0 radical (unpaired) electrons. The van der Waals surface area contributed by atoms with Gasteiger partial charge in [-0.15, -0.1) is 0 Å². The van der Waals surface area contributed by atoms with E-state index in [1.807, 2.05) is 31.1 Å². The van der Waals surface area contributed by atoms with Gasteiger partial charge in [-0.2, -0.15) is 0 Å². The number of nitrogens with zero attached hydrogens (tertiary/aromatic N) is 2. The fourth-order valence-electron chi connectivity index (χ4n) is 2.22. The van der Waals surface area contributed by atoms with Gasteiger partial charge in [0.25, 0.3) is 11.6 Å². The van der Waals surface area contributed by atoms with E-state index in [9.17, 15) is 20.0 Å². The fraction of sp³-hybridized carbons (Fsp3) is 0.235. The Morgan fingerprint density at radius 2 is 1.83 bits per heavy atom. The first kappa shape index (κ1) is 17.4. The van der Waals surface area contributed by atoms with E-state index < -0.39 is 16.9 Å². The van der Waals surface area contributed by atoms with Gasteiger partial charge in [-0.05, 0) is 23.8 Å². The van der Waals surface area contributed by atoms with Gasteiger partial charge < -0.3 is 15.3 Å². The minimum Gasteiger partial charge on any atom is -0.387 e. The number of carbonyl (C=O) groups is 1. The Bertz CT molecular complexity index is 729. The molecule has 0 fully saturated rings. The SMILES string of the molecule is CN(C)c1ccc(C(O)CNC(=O)c2ccccc2[N+](=O)[O-])cc1. The van der Waals surface area contributed by atoms with Crippen molar-refractivity contribution in [2.75, 3.05) is 25.5 Å². The van der Waals surface area contributed by atoms with E-state index in [2.05, 4.69) is 5.32 Å². The quantitative estimate of drug-likeness (QED) is 0.625. The number of hydrogen-bond acceptors (Lipinski definition) is 5. The summed E-state index contributed by atoms with van der Waals surface area (Å²) >= 11 is 0. The second kappa shape index (κ2) is 7.56. The first-order chi connectivity index (χ1) is 11.4. The highest BCUT2D eigenvalue weighted by Gasteiger charge is 2.19. The van der Waals surface area contributed by atoms with Crippen molar-refractivity contribution in [2.24, 2.45) is 0 Å². The van der Waals surface area contributed by atoms with Crippen LogP contribution in [0.25, 0.3) is 0 Å². The van der Waals surface area contributed by atoms with Gasteiger partial charge in [0.2, 0.25) is 0 Å². The highest BCUT2D eigenvalue weighted by molar-refractivity contribution is 5.98. The molecule has 0 aliphatic carbocycles. The number of hydrogen-bond donors (Lipinski definition) is 2. The molecule has 0 spiro atoms. The summed E-state index contributed by atoms with van der Waals surface area (Å²) in [7, 11) is 3.83. The van der Waals surface area contributed by atoms with E-state index in [0.29, 0.717) is 5.56 Å². The molecule has 24 heavy (non-hydrogen) atoms. The minimum atomic E-state index is -0.895. The first-order valence-electron chi connectivity index (χ1n) is 7.37. The summed E-state index contributed by atoms with van der Waals surface area (Å²) < 4.78 is 0. The molecule has 7 heteroatoms. The van der Waals surface area contributed by atoms with E-state index in [-0.39, 0.29) is 17.8 Å². The monoisotopic (exact) mass is 329 g/mol. The third-order valence-electron chi connectivity index (χ3n) is 3.60. The summed E-state index contributed by atoms with van der Waals surface area (Å²) in [5.41, 5.74) is 1.36. The molecule has 2 aromatic carbocycles. The topological polar surface area (TPSA) is 95.7 Å². The highest BCUT2D eigenvalue weighted by Crippen LogP contribution is 2.19. The highest BCUT2D eigenvalue weighted by atomic mass is 16.6. The van der Waals surface area contributed by atoms with Crippen molar-refractivity contribution in [1.82, 2.24) is 5.32 Å². The summed E-state index contributed by atoms with van der Waals surface area (Å²) in [5.74, 6) is -0.591. The van der Waals surface area contributed by atoms with Crippen LogP contribution in [0.2, 0.25) is 0 Å². The average Bonchev–Trinajstić information content (AvgIpc) is 2.59. The first-order valence-corrected chi connectivity index (χ1v) is 7.37. The second-order valence-electron chi connectivity index (χ2n) is 5.49. The standard InChI is InChI=1S/C17H19N3O4/c1-19(2)13-9-7-12(8-10-13)16(21)11-18-17(22)14-5-3-4-6-15(14)20(23)24/h3-10,16,21H,11H2,1-2H3,(H,18,22). The summed E-state index contributed by atoms with van der Waals surface area (Å²) in [5, 5.41) is 23.6. The Labute approximate surface area is 139 Å². The van der Waals surface area contributed by atoms with Crippen LogP contribution in [0.5, 0.6) is 0 Å². The van der Waals surface area contributed by atoms with Gasteiger partial charge in [0.05, 0.1) is 11.0 Å². The van der Waals surface area contributed by atoms with Crippen LogP contribution < -0.4 is 10.2 Å². The third kappa shape index (κ3) is 4.08. The Morgan fingerprint density at radius 3 is 2.42 bits per heavy atom. The number of nitro groups is 1. The molecule has 1 unspecified atom stereocenters. The van der Waals surface area contributed by atoms with E-state index >= 15 is 0 Å². The number of rotatable bonds is 6. The van der Waals surface area contributed by atoms with E-state index in [1.54, 1.807) is 18.2 Å². The predicted molar refractivity (Wildman–Crippen MR) is 91.2 cm³/mol. The van der Waals surface area contributed by atoms with Gasteiger partial charge in [0, 0.05) is 32.4 Å². The molecule has 1 atom stereocenters. The normalized spacial score (nSPS) is 11.6. The largest absolute Gasteiger partial charge is 0.387 e. The third-order valence-corrected chi connectivity index (χ3v) is 3.60. The minimum absolute atomic E-state index is 0.0299. The van der Waals surface area contributed by atoms with Crippen LogP contribution in [0.1, 0.15) is 22.0 Å². The number of aliphatic hydroxyl groups excluding tert-OH is 1. The van der Waals surface area contributed by atoms with Crippen LogP contribution in [-0.2, 0) is 0 Å². The molecular formula is C17H19N3O4.